The van der Waals surface area contributed by atoms with Gasteiger partial charge >= 0.3 is 5.97 Å². The lowest BCUT2D eigenvalue weighted by molar-refractivity contribution is -0.124. The van der Waals surface area contributed by atoms with Gasteiger partial charge in [-0.2, -0.15) is 4.31 Å². The summed E-state index contributed by atoms with van der Waals surface area (Å²) in [4.78, 5) is 24.3. The molecule has 1 saturated heterocycles. The molecule has 1 aromatic heterocycles. The van der Waals surface area contributed by atoms with Crippen molar-refractivity contribution in [2.75, 3.05) is 19.7 Å². The molecule has 9 heteroatoms. The summed E-state index contributed by atoms with van der Waals surface area (Å²) >= 11 is 1.01. The molecule has 7 nitrogen and oxygen atoms in total. The van der Waals surface area contributed by atoms with Crippen molar-refractivity contribution < 1.29 is 22.7 Å². The number of nitrogens with one attached hydrogen (secondary N) is 1. The van der Waals surface area contributed by atoms with Crippen LogP contribution in [0.15, 0.2) is 16.3 Å². The van der Waals surface area contributed by atoms with Crippen LogP contribution in [0.5, 0.6) is 0 Å². The second-order valence-corrected chi connectivity index (χ2v) is 10.4. The highest BCUT2D eigenvalue weighted by Gasteiger charge is 2.32. The molecule has 1 fully saturated rings. The minimum atomic E-state index is -3.70. The maximum Gasteiger partial charge on any atom is 0.350 e. The molecular weight excluding hydrogens is 400 g/mol. The van der Waals surface area contributed by atoms with E-state index in [1.165, 1.54) is 10.4 Å². The van der Waals surface area contributed by atoms with Crippen LogP contribution >= 0.6 is 11.3 Å². The molecule has 1 amide bonds. The summed E-state index contributed by atoms with van der Waals surface area (Å²) in [6.07, 6.45) is 4.62. The topological polar surface area (TPSA) is 92.8 Å². The maximum absolute atomic E-state index is 12.7. The van der Waals surface area contributed by atoms with Crippen molar-refractivity contribution >= 4 is 33.2 Å². The number of hydrogen-bond donors (Lipinski definition) is 1. The van der Waals surface area contributed by atoms with E-state index in [1.807, 2.05) is 6.92 Å². The van der Waals surface area contributed by atoms with Crippen molar-refractivity contribution in [3.05, 3.63) is 16.3 Å². The standard InChI is InChI=1S/C19H30N2O5S2/c1-14(2)7-6-8-15(3)20-17(22)13-26-19(23)18-16(9-12-27-18)28(24,25)21-10-4-5-11-21/h9,12,14-15H,4-8,10-11,13H2,1-3H3,(H,20,22). The smallest absolute Gasteiger partial charge is 0.350 e. The predicted molar refractivity (Wildman–Crippen MR) is 109 cm³/mol. The van der Waals surface area contributed by atoms with Gasteiger partial charge in [-0.25, -0.2) is 13.2 Å². The summed E-state index contributed by atoms with van der Waals surface area (Å²) < 4.78 is 31.8. The van der Waals surface area contributed by atoms with Gasteiger partial charge in [-0.05, 0) is 43.6 Å². The maximum atomic E-state index is 12.7. The molecule has 0 saturated carbocycles. The first-order valence-electron chi connectivity index (χ1n) is 9.76. The average molecular weight is 431 g/mol. The second kappa shape index (κ2) is 10.4. The lowest BCUT2D eigenvalue weighted by Crippen LogP contribution is -2.36. The summed E-state index contributed by atoms with van der Waals surface area (Å²) in [6, 6.07) is 1.42. The Labute approximate surface area is 171 Å². The van der Waals surface area contributed by atoms with Crippen LogP contribution in [0.25, 0.3) is 0 Å². The Morgan fingerprint density at radius 2 is 1.89 bits per heavy atom. The fourth-order valence-corrected chi connectivity index (χ4v) is 5.94. The van der Waals surface area contributed by atoms with Gasteiger partial charge in [-0.15, -0.1) is 11.3 Å². The molecular formula is C19H30N2O5S2. The van der Waals surface area contributed by atoms with Gasteiger partial charge in [-0.3, -0.25) is 4.79 Å². The zero-order chi connectivity index (χ0) is 20.7. The zero-order valence-electron chi connectivity index (χ0n) is 16.8. The largest absolute Gasteiger partial charge is 0.451 e. The van der Waals surface area contributed by atoms with E-state index in [0.29, 0.717) is 19.0 Å². The van der Waals surface area contributed by atoms with E-state index in [1.54, 1.807) is 5.38 Å². The van der Waals surface area contributed by atoms with Crippen molar-refractivity contribution in [2.45, 2.75) is 63.8 Å². The highest BCUT2D eigenvalue weighted by molar-refractivity contribution is 7.89. The number of esters is 1. The molecule has 2 rings (SSSR count). The third-order valence-corrected chi connectivity index (χ3v) is 7.62. The zero-order valence-corrected chi connectivity index (χ0v) is 18.4. The van der Waals surface area contributed by atoms with Crippen LogP contribution in [0.3, 0.4) is 0 Å². The van der Waals surface area contributed by atoms with E-state index in [-0.39, 0.29) is 21.7 Å². The Bertz CT molecular complexity index is 767. The molecule has 0 spiro atoms. The molecule has 28 heavy (non-hydrogen) atoms. The first-order valence-corrected chi connectivity index (χ1v) is 12.1. The molecule has 1 aromatic rings. The average Bonchev–Trinajstić information content (AvgIpc) is 3.31. The van der Waals surface area contributed by atoms with Crippen molar-refractivity contribution in [3.8, 4) is 0 Å². The van der Waals surface area contributed by atoms with Crippen molar-refractivity contribution in [3.63, 3.8) is 0 Å². The van der Waals surface area contributed by atoms with Crippen molar-refractivity contribution in [1.29, 1.82) is 0 Å². The number of nitrogens with zero attached hydrogens (tertiary/aromatic N) is 1. The van der Waals surface area contributed by atoms with Gasteiger partial charge in [0.15, 0.2) is 6.61 Å². The van der Waals surface area contributed by atoms with Gasteiger partial charge in [0.1, 0.15) is 9.77 Å². The van der Waals surface area contributed by atoms with E-state index >= 15 is 0 Å². The Kier molecular flexibility index (Phi) is 8.45. The van der Waals surface area contributed by atoms with Crippen LogP contribution < -0.4 is 5.32 Å². The molecule has 0 aromatic carbocycles. The monoisotopic (exact) mass is 430 g/mol. The lowest BCUT2D eigenvalue weighted by Gasteiger charge is -2.16. The number of carbonyl (C=O) groups excluding carboxylic acids is 2. The summed E-state index contributed by atoms with van der Waals surface area (Å²) in [5.41, 5.74) is 0. The van der Waals surface area contributed by atoms with Gasteiger partial charge in [-0.1, -0.05) is 26.7 Å². The number of rotatable bonds is 10. The van der Waals surface area contributed by atoms with E-state index in [2.05, 4.69) is 19.2 Å². The van der Waals surface area contributed by atoms with Crippen LogP contribution in [0.1, 0.15) is 62.5 Å². The summed E-state index contributed by atoms with van der Waals surface area (Å²) in [5, 5.41) is 4.36. The second-order valence-electron chi connectivity index (χ2n) is 7.59. The van der Waals surface area contributed by atoms with Crippen LogP contribution in [0.4, 0.5) is 0 Å². The number of sulfonamides is 1. The third-order valence-electron chi connectivity index (χ3n) is 4.66. The minimum absolute atomic E-state index is 0.00204. The van der Waals surface area contributed by atoms with Crippen LogP contribution in [0, 0.1) is 5.92 Å². The molecule has 1 unspecified atom stereocenters. The van der Waals surface area contributed by atoms with E-state index in [9.17, 15) is 18.0 Å². The first-order chi connectivity index (χ1) is 13.2. The Balaban J connectivity index is 1.87. The minimum Gasteiger partial charge on any atom is -0.451 e. The van der Waals surface area contributed by atoms with Crippen LogP contribution in [-0.4, -0.2) is 50.3 Å². The fourth-order valence-electron chi connectivity index (χ4n) is 3.13. The fraction of sp³-hybridized carbons (Fsp3) is 0.684. The van der Waals surface area contributed by atoms with Crippen molar-refractivity contribution in [2.24, 2.45) is 5.92 Å². The molecule has 0 aliphatic carbocycles. The highest BCUT2D eigenvalue weighted by atomic mass is 32.2. The molecule has 1 aliphatic rings. The van der Waals surface area contributed by atoms with E-state index in [0.717, 1.165) is 43.4 Å². The quantitative estimate of drug-likeness (QED) is 0.576. The molecule has 1 aliphatic heterocycles. The van der Waals surface area contributed by atoms with Crippen LogP contribution in [-0.2, 0) is 19.6 Å². The summed E-state index contributed by atoms with van der Waals surface area (Å²) in [5.74, 6) is -0.540. The number of thiophene rings is 1. The molecule has 1 N–H and O–H groups in total. The van der Waals surface area contributed by atoms with Gasteiger partial charge < -0.3 is 10.1 Å². The summed E-state index contributed by atoms with van der Waals surface area (Å²) in [7, 11) is -3.70. The highest BCUT2D eigenvalue weighted by Crippen LogP contribution is 2.28. The lowest BCUT2D eigenvalue weighted by atomic mass is 10.0. The van der Waals surface area contributed by atoms with E-state index < -0.39 is 22.6 Å². The normalized spacial score (nSPS) is 16.3. The Morgan fingerprint density at radius 3 is 2.54 bits per heavy atom. The first kappa shape index (κ1) is 22.8. The van der Waals surface area contributed by atoms with Crippen LogP contribution in [0.2, 0.25) is 0 Å². The molecule has 2 heterocycles. The van der Waals surface area contributed by atoms with Gasteiger partial charge in [0.25, 0.3) is 5.91 Å². The number of carbonyl (C=O) groups is 2. The molecule has 0 radical (unpaired) electrons. The molecule has 0 bridgehead atoms. The SMILES string of the molecule is CC(C)CCCC(C)NC(=O)COC(=O)c1sccc1S(=O)(=O)N1CCCC1. The Hall–Kier alpha value is -1.45. The van der Waals surface area contributed by atoms with E-state index in [4.69, 9.17) is 4.74 Å². The predicted octanol–water partition coefficient (Wildman–Crippen LogP) is 3.02. The molecule has 158 valence electrons. The van der Waals surface area contributed by atoms with Gasteiger partial charge in [0, 0.05) is 19.1 Å². The number of hydrogen-bond acceptors (Lipinski definition) is 6. The number of amides is 1. The molecule has 1 atom stereocenters. The van der Waals surface area contributed by atoms with Gasteiger partial charge in [0.2, 0.25) is 10.0 Å². The Morgan fingerprint density at radius 1 is 1.21 bits per heavy atom. The van der Waals surface area contributed by atoms with Crippen molar-refractivity contribution in [1.82, 2.24) is 9.62 Å². The summed E-state index contributed by atoms with van der Waals surface area (Å²) in [6.45, 7) is 6.74. The van der Waals surface area contributed by atoms with Gasteiger partial charge in [0.05, 0.1) is 0 Å². The number of ether oxygens (including phenoxy) is 1. The third kappa shape index (κ3) is 6.28.